The van der Waals surface area contributed by atoms with Crippen molar-refractivity contribution in [2.24, 2.45) is 5.92 Å². The van der Waals surface area contributed by atoms with E-state index in [1.165, 1.54) is 35.1 Å². The predicted molar refractivity (Wildman–Crippen MR) is 107 cm³/mol. The van der Waals surface area contributed by atoms with Gasteiger partial charge in [-0.15, -0.1) is 11.3 Å². The van der Waals surface area contributed by atoms with Crippen LogP contribution in [0.1, 0.15) is 57.1 Å². The molecule has 25 heavy (non-hydrogen) atoms. The topological polar surface area (TPSA) is 53.9 Å². The molecule has 0 saturated carbocycles. The van der Waals surface area contributed by atoms with Crippen LogP contribution >= 0.6 is 22.9 Å². The first kappa shape index (κ1) is 18.7. The van der Waals surface area contributed by atoms with Crippen molar-refractivity contribution < 1.29 is 0 Å². The Bertz CT molecular complexity index is 665. The monoisotopic (exact) mass is 379 g/mol. The van der Waals surface area contributed by atoms with Gasteiger partial charge < -0.3 is 5.32 Å². The maximum atomic E-state index is 4.69. The number of piperidine rings is 1. The van der Waals surface area contributed by atoms with Gasteiger partial charge in [-0.05, 0) is 38.3 Å². The summed E-state index contributed by atoms with van der Waals surface area (Å²) in [4.78, 5) is 11.9. The van der Waals surface area contributed by atoms with Gasteiger partial charge in [-0.3, -0.25) is 4.90 Å². The van der Waals surface area contributed by atoms with Crippen LogP contribution in [-0.4, -0.2) is 38.9 Å². The molecule has 0 unspecified atom stereocenters. The number of thiazole rings is 1. The van der Waals surface area contributed by atoms with E-state index in [4.69, 9.17) is 4.98 Å². The van der Waals surface area contributed by atoms with E-state index in [1.807, 2.05) is 0 Å². The lowest BCUT2D eigenvalue weighted by atomic mass is 9.96. The molecule has 2 aromatic heterocycles. The van der Waals surface area contributed by atoms with Gasteiger partial charge in [0.1, 0.15) is 5.82 Å². The summed E-state index contributed by atoms with van der Waals surface area (Å²) in [5, 5.41) is 7.93. The fourth-order valence-corrected chi connectivity index (χ4v) is 4.49. The Morgan fingerprint density at radius 3 is 2.60 bits per heavy atom. The number of aromatic nitrogens is 3. The van der Waals surface area contributed by atoms with Crippen molar-refractivity contribution in [2.75, 3.05) is 25.0 Å². The van der Waals surface area contributed by atoms with Gasteiger partial charge in [0, 0.05) is 35.4 Å². The molecule has 1 fully saturated rings. The Hall–Kier alpha value is -1.05. The molecule has 138 valence electrons. The van der Waals surface area contributed by atoms with Gasteiger partial charge in [0.2, 0.25) is 5.13 Å². The highest BCUT2D eigenvalue weighted by Crippen LogP contribution is 2.24. The zero-order chi connectivity index (χ0) is 17.9. The van der Waals surface area contributed by atoms with Crippen LogP contribution in [0.3, 0.4) is 0 Å². The van der Waals surface area contributed by atoms with Gasteiger partial charge in [-0.1, -0.05) is 27.7 Å². The first-order valence-corrected chi connectivity index (χ1v) is 10.8. The van der Waals surface area contributed by atoms with E-state index >= 15 is 0 Å². The van der Waals surface area contributed by atoms with E-state index in [2.05, 4.69) is 52.6 Å². The molecule has 1 saturated heterocycles. The number of nitrogens with one attached hydrogen (secondary N) is 1. The summed E-state index contributed by atoms with van der Waals surface area (Å²) in [7, 11) is 0. The fraction of sp³-hybridized carbons (Fsp3) is 0.722. The van der Waals surface area contributed by atoms with Gasteiger partial charge in [-0.2, -0.15) is 4.37 Å². The van der Waals surface area contributed by atoms with Crippen LogP contribution in [-0.2, 0) is 18.4 Å². The summed E-state index contributed by atoms with van der Waals surface area (Å²) in [5.74, 6) is 1.66. The molecule has 3 heterocycles. The molecular formula is C18H29N5S2. The third-order valence-corrected chi connectivity index (χ3v) is 6.35. The molecule has 2 aromatic rings. The fourth-order valence-electron chi connectivity index (χ4n) is 2.99. The summed E-state index contributed by atoms with van der Waals surface area (Å²) in [5.41, 5.74) is 1.26. The second kappa shape index (κ2) is 8.10. The van der Waals surface area contributed by atoms with Crippen molar-refractivity contribution in [3.63, 3.8) is 0 Å². The lowest BCUT2D eigenvalue weighted by Crippen LogP contribution is -2.35. The van der Waals surface area contributed by atoms with Gasteiger partial charge in [0.25, 0.3) is 0 Å². The van der Waals surface area contributed by atoms with E-state index in [0.29, 0.717) is 0 Å². The minimum Gasteiger partial charge on any atom is -0.360 e. The standard InChI is InChI=1S/C18H29N5S2/c1-5-15-20-14(12-24-15)11-23-8-6-13(7-9-23)10-19-17-21-16(22-25-17)18(2,3)4/h12-13H,5-11H2,1-4H3,(H,19,21,22). The lowest BCUT2D eigenvalue weighted by molar-refractivity contribution is 0.181. The Morgan fingerprint density at radius 1 is 1.24 bits per heavy atom. The van der Waals surface area contributed by atoms with Gasteiger partial charge in [-0.25, -0.2) is 9.97 Å². The van der Waals surface area contributed by atoms with Gasteiger partial charge in [0.15, 0.2) is 0 Å². The van der Waals surface area contributed by atoms with Crippen LogP contribution in [0.25, 0.3) is 0 Å². The minimum absolute atomic E-state index is 0.0229. The molecule has 0 atom stereocenters. The second-order valence-corrected chi connectivity index (χ2v) is 9.55. The van der Waals surface area contributed by atoms with Crippen molar-refractivity contribution in [1.29, 1.82) is 0 Å². The van der Waals surface area contributed by atoms with Crippen LogP contribution in [0, 0.1) is 5.92 Å². The molecule has 3 rings (SSSR count). The van der Waals surface area contributed by atoms with Crippen molar-refractivity contribution in [3.05, 3.63) is 21.9 Å². The van der Waals surface area contributed by atoms with Crippen LogP contribution in [0.15, 0.2) is 5.38 Å². The number of hydrogen-bond donors (Lipinski definition) is 1. The van der Waals surface area contributed by atoms with Crippen LogP contribution in [0.5, 0.6) is 0 Å². The minimum atomic E-state index is 0.0229. The number of nitrogens with zero attached hydrogens (tertiary/aromatic N) is 4. The molecule has 0 aromatic carbocycles. The van der Waals surface area contributed by atoms with E-state index in [1.54, 1.807) is 11.3 Å². The van der Waals surface area contributed by atoms with Crippen molar-refractivity contribution in [1.82, 2.24) is 19.2 Å². The molecule has 7 heteroatoms. The average molecular weight is 380 g/mol. The lowest BCUT2D eigenvalue weighted by Gasteiger charge is -2.31. The summed E-state index contributed by atoms with van der Waals surface area (Å²) >= 11 is 3.27. The van der Waals surface area contributed by atoms with Crippen LogP contribution in [0.4, 0.5) is 5.13 Å². The molecule has 0 amide bonds. The molecule has 0 aliphatic carbocycles. The Kier molecular flexibility index (Phi) is 6.07. The van der Waals surface area contributed by atoms with E-state index in [0.717, 1.165) is 49.5 Å². The number of rotatable bonds is 6. The first-order chi connectivity index (χ1) is 11.9. The smallest absolute Gasteiger partial charge is 0.202 e. The summed E-state index contributed by atoms with van der Waals surface area (Å²) in [6, 6.07) is 0. The predicted octanol–water partition coefficient (Wildman–Crippen LogP) is 4.18. The number of hydrogen-bond acceptors (Lipinski definition) is 7. The maximum Gasteiger partial charge on any atom is 0.202 e. The Balaban J connectivity index is 1.41. The largest absolute Gasteiger partial charge is 0.360 e. The zero-order valence-electron chi connectivity index (χ0n) is 15.7. The van der Waals surface area contributed by atoms with E-state index in [-0.39, 0.29) is 5.41 Å². The number of aryl methyl sites for hydroxylation is 1. The van der Waals surface area contributed by atoms with Gasteiger partial charge in [0.05, 0.1) is 10.7 Å². The first-order valence-electron chi connectivity index (χ1n) is 9.17. The van der Waals surface area contributed by atoms with Crippen molar-refractivity contribution >= 4 is 28.0 Å². The van der Waals surface area contributed by atoms with Crippen molar-refractivity contribution in [3.8, 4) is 0 Å². The number of anilines is 1. The Labute approximate surface area is 159 Å². The highest BCUT2D eigenvalue weighted by molar-refractivity contribution is 7.09. The van der Waals surface area contributed by atoms with Crippen LogP contribution in [0.2, 0.25) is 0 Å². The van der Waals surface area contributed by atoms with E-state index in [9.17, 15) is 0 Å². The molecule has 0 bridgehead atoms. The third-order valence-electron chi connectivity index (χ3n) is 4.63. The average Bonchev–Trinajstić information content (AvgIpc) is 3.23. The summed E-state index contributed by atoms with van der Waals surface area (Å²) in [6.45, 7) is 13.0. The Morgan fingerprint density at radius 2 is 2.00 bits per heavy atom. The SMILES string of the molecule is CCc1nc(CN2CCC(CNc3nc(C(C)(C)C)ns3)CC2)cs1. The highest BCUT2D eigenvalue weighted by atomic mass is 32.1. The third kappa shape index (κ3) is 5.21. The van der Waals surface area contributed by atoms with E-state index < -0.39 is 0 Å². The molecule has 1 aliphatic heterocycles. The maximum absolute atomic E-state index is 4.69. The van der Waals surface area contributed by atoms with Crippen LogP contribution < -0.4 is 5.32 Å². The molecule has 1 N–H and O–H groups in total. The molecule has 0 radical (unpaired) electrons. The highest BCUT2D eigenvalue weighted by Gasteiger charge is 2.22. The normalized spacial score (nSPS) is 17.1. The second-order valence-electron chi connectivity index (χ2n) is 7.86. The zero-order valence-corrected chi connectivity index (χ0v) is 17.3. The summed E-state index contributed by atoms with van der Waals surface area (Å²) < 4.78 is 4.47. The van der Waals surface area contributed by atoms with Crippen molar-refractivity contribution in [2.45, 2.75) is 58.9 Å². The quantitative estimate of drug-likeness (QED) is 0.816. The summed E-state index contributed by atoms with van der Waals surface area (Å²) in [6.07, 6.45) is 3.52. The molecule has 1 aliphatic rings. The number of likely N-dealkylation sites (tertiary alicyclic amines) is 1. The molecule has 0 spiro atoms. The molecular weight excluding hydrogens is 350 g/mol. The molecule has 5 nitrogen and oxygen atoms in total. The van der Waals surface area contributed by atoms with Gasteiger partial charge >= 0.3 is 0 Å².